The van der Waals surface area contributed by atoms with E-state index >= 15 is 0 Å². The van der Waals surface area contributed by atoms with Gasteiger partial charge in [0.2, 0.25) is 0 Å². The van der Waals surface area contributed by atoms with Crippen molar-refractivity contribution in [2.75, 3.05) is 14.2 Å². The molecule has 2 rings (SSSR count). The molecular weight excluding hydrogens is 250 g/mol. The third-order valence-corrected chi connectivity index (χ3v) is 3.21. The van der Waals surface area contributed by atoms with Gasteiger partial charge in [-0.2, -0.15) is 0 Å². The van der Waals surface area contributed by atoms with E-state index in [0.29, 0.717) is 0 Å². The molecule has 0 fully saturated rings. The smallest absolute Gasteiger partial charge is 0.123 e. The Morgan fingerprint density at radius 2 is 1.80 bits per heavy atom. The second kappa shape index (κ2) is 6.96. The Morgan fingerprint density at radius 1 is 0.950 bits per heavy atom. The minimum Gasteiger partial charge on any atom is -0.497 e. The summed E-state index contributed by atoms with van der Waals surface area (Å²) in [6.45, 7) is 3.67. The number of rotatable bonds is 6. The molecular formula is C17H21NO2. The van der Waals surface area contributed by atoms with Crippen LogP contribution in [0, 0.1) is 6.92 Å². The van der Waals surface area contributed by atoms with Crippen LogP contribution in [0.2, 0.25) is 0 Å². The van der Waals surface area contributed by atoms with Crippen LogP contribution in [-0.4, -0.2) is 14.2 Å². The average molecular weight is 271 g/mol. The van der Waals surface area contributed by atoms with Crippen molar-refractivity contribution in [3.8, 4) is 11.5 Å². The summed E-state index contributed by atoms with van der Waals surface area (Å²) < 4.78 is 10.6. The van der Waals surface area contributed by atoms with Gasteiger partial charge in [0.15, 0.2) is 0 Å². The number of benzene rings is 2. The standard InChI is InChI=1S/C17H21NO2/c1-13-7-8-17(20-3)15(9-13)12-18-11-14-5-4-6-16(10-14)19-2/h4-10,18H,11-12H2,1-3H3. The van der Waals surface area contributed by atoms with Crippen LogP contribution in [0.5, 0.6) is 11.5 Å². The summed E-state index contributed by atoms with van der Waals surface area (Å²) in [5.41, 5.74) is 3.62. The topological polar surface area (TPSA) is 30.5 Å². The second-order valence-corrected chi connectivity index (χ2v) is 4.77. The number of aryl methyl sites for hydroxylation is 1. The van der Waals surface area contributed by atoms with E-state index in [0.717, 1.165) is 24.6 Å². The number of ether oxygens (including phenoxy) is 2. The first kappa shape index (κ1) is 14.4. The molecule has 0 aliphatic heterocycles. The first-order chi connectivity index (χ1) is 9.72. The van der Waals surface area contributed by atoms with Crippen molar-refractivity contribution in [3.63, 3.8) is 0 Å². The van der Waals surface area contributed by atoms with Crippen LogP contribution in [0.25, 0.3) is 0 Å². The SMILES string of the molecule is COc1cccc(CNCc2cc(C)ccc2OC)c1. The van der Waals surface area contributed by atoms with Crippen LogP contribution >= 0.6 is 0 Å². The van der Waals surface area contributed by atoms with Crippen molar-refractivity contribution in [1.82, 2.24) is 5.32 Å². The van der Waals surface area contributed by atoms with E-state index < -0.39 is 0 Å². The molecule has 0 aliphatic rings. The monoisotopic (exact) mass is 271 g/mol. The van der Waals surface area contributed by atoms with Crippen molar-refractivity contribution in [1.29, 1.82) is 0 Å². The normalized spacial score (nSPS) is 10.3. The molecule has 0 bridgehead atoms. The lowest BCUT2D eigenvalue weighted by atomic mass is 10.1. The number of hydrogen-bond acceptors (Lipinski definition) is 3. The molecule has 0 radical (unpaired) electrons. The minimum atomic E-state index is 0.780. The Morgan fingerprint density at radius 3 is 2.55 bits per heavy atom. The largest absolute Gasteiger partial charge is 0.497 e. The highest BCUT2D eigenvalue weighted by Gasteiger charge is 2.03. The molecule has 1 N–H and O–H groups in total. The van der Waals surface area contributed by atoms with E-state index in [9.17, 15) is 0 Å². The van der Waals surface area contributed by atoms with Crippen LogP contribution < -0.4 is 14.8 Å². The van der Waals surface area contributed by atoms with Crippen LogP contribution in [0.3, 0.4) is 0 Å². The molecule has 0 saturated carbocycles. The van der Waals surface area contributed by atoms with Gasteiger partial charge in [-0.05, 0) is 30.7 Å². The average Bonchev–Trinajstić information content (AvgIpc) is 2.48. The fraction of sp³-hybridized carbons (Fsp3) is 0.294. The summed E-state index contributed by atoms with van der Waals surface area (Å²) in [6, 6.07) is 14.3. The van der Waals surface area contributed by atoms with Crippen molar-refractivity contribution in [3.05, 3.63) is 59.2 Å². The van der Waals surface area contributed by atoms with Crippen molar-refractivity contribution < 1.29 is 9.47 Å². The lowest BCUT2D eigenvalue weighted by molar-refractivity contribution is 0.407. The lowest BCUT2D eigenvalue weighted by Crippen LogP contribution is -2.13. The van der Waals surface area contributed by atoms with E-state index in [-0.39, 0.29) is 0 Å². The molecule has 2 aromatic carbocycles. The van der Waals surface area contributed by atoms with Crippen molar-refractivity contribution >= 4 is 0 Å². The fourth-order valence-electron chi connectivity index (χ4n) is 2.17. The third-order valence-electron chi connectivity index (χ3n) is 3.21. The molecule has 0 saturated heterocycles. The molecule has 0 aromatic heterocycles. The van der Waals surface area contributed by atoms with E-state index in [1.54, 1.807) is 14.2 Å². The Kier molecular flexibility index (Phi) is 5.02. The quantitative estimate of drug-likeness (QED) is 0.874. The van der Waals surface area contributed by atoms with Gasteiger partial charge < -0.3 is 14.8 Å². The van der Waals surface area contributed by atoms with Crippen LogP contribution in [-0.2, 0) is 13.1 Å². The Labute approximate surface area is 120 Å². The highest BCUT2D eigenvalue weighted by molar-refractivity contribution is 5.37. The molecule has 0 atom stereocenters. The van der Waals surface area contributed by atoms with E-state index in [4.69, 9.17) is 9.47 Å². The van der Waals surface area contributed by atoms with Gasteiger partial charge in [-0.15, -0.1) is 0 Å². The van der Waals surface area contributed by atoms with Crippen LogP contribution in [0.4, 0.5) is 0 Å². The van der Waals surface area contributed by atoms with Gasteiger partial charge in [-0.25, -0.2) is 0 Å². The zero-order chi connectivity index (χ0) is 14.4. The minimum absolute atomic E-state index is 0.780. The van der Waals surface area contributed by atoms with E-state index in [1.165, 1.54) is 16.7 Å². The zero-order valence-electron chi connectivity index (χ0n) is 12.3. The summed E-state index contributed by atoms with van der Waals surface area (Å²) in [4.78, 5) is 0. The van der Waals surface area contributed by atoms with Crippen LogP contribution in [0.15, 0.2) is 42.5 Å². The molecule has 0 heterocycles. The number of methoxy groups -OCH3 is 2. The summed E-state index contributed by atoms with van der Waals surface area (Å²) >= 11 is 0. The van der Waals surface area contributed by atoms with Gasteiger partial charge in [0.1, 0.15) is 11.5 Å². The molecule has 0 aliphatic carbocycles. The third kappa shape index (κ3) is 3.75. The zero-order valence-corrected chi connectivity index (χ0v) is 12.3. The first-order valence-electron chi connectivity index (χ1n) is 6.70. The maximum absolute atomic E-state index is 5.38. The van der Waals surface area contributed by atoms with Crippen LogP contribution in [0.1, 0.15) is 16.7 Å². The highest BCUT2D eigenvalue weighted by Crippen LogP contribution is 2.19. The van der Waals surface area contributed by atoms with Gasteiger partial charge in [0, 0.05) is 18.7 Å². The Balaban J connectivity index is 1.97. The summed E-state index contributed by atoms with van der Waals surface area (Å²) in [6.07, 6.45) is 0. The number of nitrogens with one attached hydrogen (secondary N) is 1. The van der Waals surface area contributed by atoms with Crippen molar-refractivity contribution in [2.24, 2.45) is 0 Å². The van der Waals surface area contributed by atoms with Gasteiger partial charge in [-0.1, -0.05) is 29.8 Å². The predicted octanol–water partition coefficient (Wildman–Crippen LogP) is 3.30. The molecule has 0 spiro atoms. The van der Waals surface area contributed by atoms with Gasteiger partial charge in [0.05, 0.1) is 14.2 Å². The van der Waals surface area contributed by atoms with Gasteiger partial charge >= 0.3 is 0 Å². The lowest BCUT2D eigenvalue weighted by Gasteiger charge is -2.11. The maximum atomic E-state index is 5.38. The molecule has 3 nitrogen and oxygen atoms in total. The first-order valence-corrected chi connectivity index (χ1v) is 6.70. The maximum Gasteiger partial charge on any atom is 0.123 e. The predicted molar refractivity (Wildman–Crippen MR) is 81.3 cm³/mol. The second-order valence-electron chi connectivity index (χ2n) is 4.77. The summed E-state index contributed by atoms with van der Waals surface area (Å²) in [5, 5.41) is 3.44. The number of hydrogen-bond donors (Lipinski definition) is 1. The molecule has 0 unspecified atom stereocenters. The Hall–Kier alpha value is -2.00. The molecule has 3 heteroatoms. The van der Waals surface area contributed by atoms with Gasteiger partial charge in [0.25, 0.3) is 0 Å². The summed E-state index contributed by atoms with van der Waals surface area (Å²) in [5.74, 6) is 1.81. The van der Waals surface area contributed by atoms with E-state index in [1.807, 2.05) is 24.3 Å². The van der Waals surface area contributed by atoms with Crippen molar-refractivity contribution in [2.45, 2.75) is 20.0 Å². The highest BCUT2D eigenvalue weighted by atomic mass is 16.5. The molecule has 2 aromatic rings. The molecule has 0 amide bonds. The van der Waals surface area contributed by atoms with Gasteiger partial charge in [-0.3, -0.25) is 0 Å². The molecule has 20 heavy (non-hydrogen) atoms. The fourth-order valence-corrected chi connectivity index (χ4v) is 2.17. The van der Waals surface area contributed by atoms with E-state index in [2.05, 4.69) is 30.4 Å². The summed E-state index contributed by atoms with van der Waals surface area (Å²) in [7, 11) is 3.39. The Bertz CT molecular complexity index is 567. The molecule has 106 valence electrons.